The molecule has 0 bridgehead atoms. The summed E-state index contributed by atoms with van der Waals surface area (Å²) in [6, 6.07) is 4.98. The SMILES string of the molecule is Cc1cc(C)c(S(=O)(=O)Nc2ncccn2)c(N)c1. The van der Waals surface area contributed by atoms with Crippen molar-refractivity contribution in [1.29, 1.82) is 0 Å². The maximum absolute atomic E-state index is 12.3. The maximum atomic E-state index is 12.3. The number of sulfonamides is 1. The zero-order valence-corrected chi connectivity index (χ0v) is 11.4. The molecule has 6 nitrogen and oxygen atoms in total. The van der Waals surface area contributed by atoms with Crippen molar-refractivity contribution >= 4 is 21.7 Å². The van der Waals surface area contributed by atoms with Crippen molar-refractivity contribution < 1.29 is 8.42 Å². The van der Waals surface area contributed by atoms with Crippen molar-refractivity contribution in [3.63, 3.8) is 0 Å². The topological polar surface area (TPSA) is 98.0 Å². The Balaban J connectivity index is 2.46. The molecule has 0 amide bonds. The minimum Gasteiger partial charge on any atom is -0.398 e. The van der Waals surface area contributed by atoms with Gasteiger partial charge in [-0.3, -0.25) is 0 Å². The van der Waals surface area contributed by atoms with Crippen LogP contribution in [0.5, 0.6) is 0 Å². The van der Waals surface area contributed by atoms with E-state index in [1.165, 1.54) is 12.4 Å². The number of rotatable bonds is 3. The van der Waals surface area contributed by atoms with Crippen molar-refractivity contribution in [2.24, 2.45) is 0 Å². The van der Waals surface area contributed by atoms with E-state index >= 15 is 0 Å². The van der Waals surface area contributed by atoms with E-state index in [9.17, 15) is 8.42 Å². The molecule has 0 atom stereocenters. The summed E-state index contributed by atoms with van der Waals surface area (Å²) in [5.41, 5.74) is 7.50. The number of benzene rings is 1. The molecular formula is C12H14N4O2S. The van der Waals surface area contributed by atoms with E-state index in [0.717, 1.165) is 5.56 Å². The number of anilines is 2. The van der Waals surface area contributed by atoms with Crippen LogP contribution in [0.4, 0.5) is 11.6 Å². The number of nitrogens with zero attached hydrogens (tertiary/aromatic N) is 2. The van der Waals surface area contributed by atoms with E-state index in [2.05, 4.69) is 14.7 Å². The van der Waals surface area contributed by atoms with Gasteiger partial charge in [-0.25, -0.2) is 23.1 Å². The third-order valence-corrected chi connectivity index (χ3v) is 4.05. The quantitative estimate of drug-likeness (QED) is 0.829. The highest BCUT2D eigenvalue weighted by molar-refractivity contribution is 7.93. The number of hydrogen-bond donors (Lipinski definition) is 2. The Labute approximate surface area is 111 Å². The minimum atomic E-state index is -3.79. The molecule has 19 heavy (non-hydrogen) atoms. The molecule has 0 spiro atoms. The van der Waals surface area contributed by atoms with Crippen LogP contribution < -0.4 is 10.5 Å². The zero-order valence-electron chi connectivity index (χ0n) is 10.6. The van der Waals surface area contributed by atoms with E-state index in [0.29, 0.717) is 5.56 Å². The maximum Gasteiger partial charge on any atom is 0.266 e. The predicted octanol–water partition coefficient (Wildman–Crippen LogP) is 1.48. The third kappa shape index (κ3) is 2.82. The Morgan fingerprint density at radius 3 is 2.37 bits per heavy atom. The highest BCUT2D eigenvalue weighted by Crippen LogP contribution is 2.25. The van der Waals surface area contributed by atoms with Crippen LogP contribution in [0.15, 0.2) is 35.5 Å². The first kappa shape index (κ1) is 13.3. The molecule has 0 saturated heterocycles. The number of aryl methyl sites for hydroxylation is 2. The van der Waals surface area contributed by atoms with E-state index in [4.69, 9.17) is 5.73 Å². The van der Waals surface area contributed by atoms with Gasteiger partial charge in [0.1, 0.15) is 4.90 Å². The minimum absolute atomic E-state index is 0.0156. The number of nitrogen functional groups attached to an aromatic ring is 1. The summed E-state index contributed by atoms with van der Waals surface area (Å²) >= 11 is 0. The fourth-order valence-electron chi connectivity index (χ4n) is 1.88. The molecule has 1 heterocycles. The van der Waals surface area contributed by atoms with Gasteiger partial charge in [-0.15, -0.1) is 0 Å². The smallest absolute Gasteiger partial charge is 0.266 e. The van der Waals surface area contributed by atoms with Gasteiger partial charge in [-0.05, 0) is 37.1 Å². The second-order valence-corrected chi connectivity index (χ2v) is 5.80. The summed E-state index contributed by atoms with van der Waals surface area (Å²) in [5, 5.41) is 0. The van der Waals surface area contributed by atoms with Crippen LogP contribution in [0.25, 0.3) is 0 Å². The van der Waals surface area contributed by atoms with E-state index in [1.54, 1.807) is 25.1 Å². The van der Waals surface area contributed by atoms with Gasteiger partial charge in [-0.1, -0.05) is 6.07 Å². The van der Waals surface area contributed by atoms with E-state index < -0.39 is 10.0 Å². The van der Waals surface area contributed by atoms with Crippen LogP contribution in [0.2, 0.25) is 0 Å². The number of aromatic nitrogens is 2. The molecular weight excluding hydrogens is 264 g/mol. The van der Waals surface area contributed by atoms with Crippen molar-refractivity contribution in [2.75, 3.05) is 10.5 Å². The molecule has 0 saturated carbocycles. The number of nitrogens with two attached hydrogens (primary N) is 1. The Morgan fingerprint density at radius 2 is 1.79 bits per heavy atom. The van der Waals surface area contributed by atoms with Gasteiger partial charge >= 0.3 is 0 Å². The zero-order chi connectivity index (χ0) is 14.0. The lowest BCUT2D eigenvalue weighted by Crippen LogP contribution is -2.17. The molecule has 2 rings (SSSR count). The Hall–Kier alpha value is -2.15. The van der Waals surface area contributed by atoms with Gasteiger partial charge in [0.05, 0.1) is 5.69 Å². The van der Waals surface area contributed by atoms with Crippen molar-refractivity contribution in [2.45, 2.75) is 18.7 Å². The molecule has 0 unspecified atom stereocenters. The van der Waals surface area contributed by atoms with Crippen LogP contribution >= 0.6 is 0 Å². The van der Waals surface area contributed by atoms with Crippen molar-refractivity contribution in [1.82, 2.24) is 9.97 Å². The molecule has 0 aliphatic rings. The number of hydrogen-bond acceptors (Lipinski definition) is 5. The van der Waals surface area contributed by atoms with E-state index in [-0.39, 0.29) is 16.5 Å². The van der Waals surface area contributed by atoms with E-state index in [1.807, 2.05) is 6.92 Å². The van der Waals surface area contributed by atoms with Crippen LogP contribution in [-0.4, -0.2) is 18.4 Å². The lowest BCUT2D eigenvalue weighted by Gasteiger charge is -2.12. The van der Waals surface area contributed by atoms with Crippen LogP contribution in [-0.2, 0) is 10.0 Å². The van der Waals surface area contributed by atoms with Crippen molar-refractivity contribution in [3.05, 3.63) is 41.7 Å². The van der Waals surface area contributed by atoms with Crippen molar-refractivity contribution in [3.8, 4) is 0 Å². The second kappa shape index (κ2) is 4.85. The molecule has 0 aliphatic carbocycles. The predicted molar refractivity (Wildman–Crippen MR) is 73.2 cm³/mol. The normalized spacial score (nSPS) is 11.3. The summed E-state index contributed by atoms with van der Waals surface area (Å²) in [7, 11) is -3.79. The Bertz CT molecular complexity index is 676. The fraction of sp³-hybridized carbons (Fsp3) is 0.167. The Kier molecular flexibility index (Phi) is 3.39. The van der Waals surface area contributed by atoms with Gasteiger partial charge in [0.25, 0.3) is 10.0 Å². The summed E-state index contributed by atoms with van der Waals surface area (Å²) in [6.07, 6.45) is 2.91. The summed E-state index contributed by atoms with van der Waals surface area (Å²) in [6.45, 7) is 3.55. The summed E-state index contributed by atoms with van der Waals surface area (Å²) < 4.78 is 26.9. The van der Waals surface area contributed by atoms with Crippen LogP contribution in [0.3, 0.4) is 0 Å². The van der Waals surface area contributed by atoms with Gasteiger partial charge < -0.3 is 5.73 Å². The lowest BCUT2D eigenvalue weighted by molar-refractivity contribution is 0.600. The van der Waals surface area contributed by atoms with Crippen LogP contribution in [0, 0.1) is 13.8 Å². The first-order valence-electron chi connectivity index (χ1n) is 5.57. The first-order valence-corrected chi connectivity index (χ1v) is 7.05. The van der Waals surface area contributed by atoms with Gasteiger partial charge in [0.15, 0.2) is 0 Å². The number of nitrogens with one attached hydrogen (secondary N) is 1. The molecule has 0 aliphatic heterocycles. The average molecular weight is 278 g/mol. The second-order valence-electron chi connectivity index (χ2n) is 4.18. The lowest BCUT2D eigenvalue weighted by atomic mass is 10.1. The van der Waals surface area contributed by atoms with Crippen LogP contribution in [0.1, 0.15) is 11.1 Å². The molecule has 1 aromatic heterocycles. The molecule has 0 fully saturated rings. The molecule has 3 N–H and O–H groups in total. The molecule has 2 aromatic rings. The average Bonchev–Trinajstić information content (AvgIpc) is 2.27. The molecule has 100 valence electrons. The Morgan fingerprint density at radius 1 is 1.16 bits per heavy atom. The third-order valence-electron chi connectivity index (χ3n) is 2.51. The standard InChI is InChI=1S/C12H14N4O2S/c1-8-6-9(2)11(10(13)7-8)19(17,18)16-12-14-4-3-5-15-12/h3-7H,13H2,1-2H3,(H,14,15,16). The monoisotopic (exact) mass is 278 g/mol. The van der Waals surface area contributed by atoms with Gasteiger partial charge in [-0.2, -0.15) is 0 Å². The molecule has 7 heteroatoms. The summed E-state index contributed by atoms with van der Waals surface area (Å²) in [4.78, 5) is 7.71. The van der Waals surface area contributed by atoms with Gasteiger partial charge in [0.2, 0.25) is 5.95 Å². The molecule has 0 radical (unpaired) electrons. The molecule has 1 aromatic carbocycles. The fourth-order valence-corrected chi connectivity index (χ4v) is 3.18. The summed E-state index contributed by atoms with van der Waals surface area (Å²) in [5.74, 6) is 0.0156. The highest BCUT2D eigenvalue weighted by Gasteiger charge is 2.21. The largest absolute Gasteiger partial charge is 0.398 e. The first-order chi connectivity index (χ1) is 8.90. The highest BCUT2D eigenvalue weighted by atomic mass is 32.2. The van der Waals surface area contributed by atoms with Gasteiger partial charge in [0, 0.05) is 12.4 Å².